The van der Waals surface area contributed by atoms with Crippen LogP contribution < -0.4 is 5.32 Å². The molecule has 0 atom stereocenters. The van der Waals surface area contributed by atoms with Gasteiger partial charge in [0, 0.05) is 33.0 Å². The summed E-state index contributed by atoms with van der Waals surface area (Å²) in [7, 11) is 0. The van der Waals surface area contributed by atoms with E-state index in [1.165, 1.54) is 12.1 Å². The number of amides is 1. The van der Waals surface area contributed by atoms with Crippen LogP contribution in [0.1, 0.15) is 27.0 Å². The molecule has 1 aliphatic heterocycles. The van der Waals surface area contributed by atoms with Crippen molar-refractivity contribution in [2.24, 2.45) is 4.99 Å². The topological polar surface area (TPSA) is 41.5 Å². The molecule has 1 aliphatic rings. The Balaban J connectivity index is 1.48. The average Bonchev–Trinajstić information content (AvgIpc) is 3.00. The highest BCUT2D eigenvalue weighted by molar-refractivity contribution is 7.99. The number of benzene rings is 4. The molecular formula is C27H19FN2OS. The molecule has 0 fully saturated rings. The number of nitrogens with one attached hydrogen (secondary N) is 1. The van der Waals surface area contributed by atoms with Gasteiger partial charge in [-0.25, -0.2) is 9.38 Å². The molecule has 32 heavy (non-hydrogen) atoms. The first-order valence-electron chi connectivity index (χ1n) is 10.3. The first kappa shape index (κ1) is 20.2. The van der Waals surface area contributed by atoms with Gasteiger partial charge in [-0.1, -0.05) is 72.4 Å². The Morgan fingerprint density at radius 3 is 2.41 bits per heavy atom. The Kier molecular flexibility index (Phi) is 5.57. The molecule has 3 nitrogen and oxygen atoms in total. The number of hydrogen-bond acceptors (Lipinski definition) is 3. The number of carbonyl (C=O) groups is 1. The molecule has 1 heterocycles. The molecule has 5 heteroatoms. The molecule has 0 spiro atoms. The third kappa shape index (κ3) is 4.20. The third-order valence-electron chi connectivity index (χ3n) is 5.23. The van der Waals surface area contributed by atoms with Gasteiger partial charge >= 0.3 is 0 Å². The van der Waals surface area contributed by atoms with E-state index in [4.69, 9.17) is 4.99 Å². The van der Waals surface area contributed by atoms with Gasteiger partial charge in [-0.05, 0) is 42.0 Å². The average molecular weight is 439 g/mol. The molecule has 0 saturated carbocycles. The number of fused-ring (bicyclic) bond motifs is 2. The van der Waals surface area contributed by atoms with Crippen LogP contribution in [0.5, 0.6) is 0 Å². The SMILES string of the molecule is O=C(NCc1ccc(F)cc1)c1ccc2c(c1)N=C(c1ccccc1)c1ccccc1S2. The van der Waals surface area contributed by atoms with Gasteiger partial charge in [0.2, 0.25) is 0 Å². The Morgan fingerprint density at radius 1 is 0.844 bits per heavy atom. The molecule has 4 aromatic rings. The smallest absolute Gasteiger partial charge is 0.251 e. The van der Waals surface area contributed by atoms with E-state index in [1.807, 2.05) is 60.7 Å². The zero-order chi connectivity index (χ0) is 21.9. The summed E-state index contributed by atoms with van der Waals surface area (Å²) >= 11 is 1.65. The van der Waals surface area contributed by atoms with Crippen molar-refractivity contribution in [2.75, 3.05) is 0 Å². The number of aliphatic imine (C=N–C) groups is 1. The van der Waals surface area contributed by atoms with E-state index < -0.39 is 0 Å². The fraction of sp³-hybridized carbons (Fsp3) is 0.0370. The van der Waals surface area contributed by atoms with E-state index in [2.05, 4.69) is 17.4 Å². The normalized spacial score (nSPS) is 12.2. The maximum atomic E-state index is 13.1. The second-order valence-electron chi connectivity index (χ2n) is 7.42. The lowest BCUT2D eigenvalue weighted by atomic mass is 10.0. The molecule has 0 aliphatic carbocycles. The van der Waals surface area contributed by atoms with Gasteiger partial charge in [0.15, 0.2) is 0 Å². The molecule has 5 rings (SSSR count). The van der Waals surface area contributed by atoms with Gasteiger partial charge in [0.25, 0.3) is 5.91 Å². The fourth-order valence-electron chi connectivity index (χ4n) is 3.59. The first-order valence-corrected chi connectivity index (χ1v) is 11.1. The van der Waals surface area contributed by atoms with Crippen LogP contribution in [0.25, 0.3) is 0 Å². The Morgan fingerprint density at radius 2 is 1.59 bits per heavy atom. The van der Waals surface area contributed by atoms with Crippen molar-refractivity contribution in [1.29, 1.82) is 0 Å². The monoisotopic (exact) mass is 438 g/mol. The van der Waals surface area contributed by atoms with Gasteiger partial charge in [-0.15, -0.1) is 0 Å². The molecule has 156 valence electrons. The zero-order valence-corrected chi connectivity index (χ0v) is 17.9. The van der Waals surface area contributed by atoms with Crippen LogP contribution in [0.15, 0.2) is 112 Å². The Hall–Kier alpha value is -3.70. The molecule has 0 saturated heterocycles. The molecule has 0 bridgehead atoms. The second kappa shape index (κ2) is 8.81. The zero-order valence-electron chi connectivity index (χ0n) is 17.1. The predicted octanol–water partition coefficient (Wildman–Crippen LogP) is 6.39. The van der Waals surface area contributed by atoms with Crippen molar-refractivity contribution in [2.45, 2.75) is 16.3 Å². The van der Waals surface area contributed by atoms with Crippen LogP contribution in [-0.4, -0.2) is 11.6 Å². The van der Waals surface area contributed by atoms with Crippen molar-refractivity contribution in [3.63, 3.8) is 0 Å². The number of carbonyl (C=O) groups excluding carboxylic acids is 1. The number of halogens is 1. The quantitative estimate of drug-likeness (QED) is 0.353. The summed E-state index contributed by atoms with van der Waals surface area (Å²) in [6.45, 7) is 0.328. The maximum Gasteiger partial charge on any atom is 0.251 e. The summed E-state index contributed by atoms with van der Waals surface area (Å²) in [4.78, 5) is 19.9. The van der Waals surface area contributed by atoms with Crippen LogP contribution in [0, 0.1) is 5.82 Å². The van der Waals surface area contributed by atoms with Crippen molar-refractivity contribution < 1.29 is 9.18 Å². The van der Waals surface area contributed by atoms with E-state index in [9.17, 15) is 9.18 Å². The molecule has 1 amide bonds. The molecule has 1 N–H and O–H groups in total. The van der Waals surface area contributed by atoms with Crippen molar-refractivity contribution in [3.8, 4) is 0 Å². The highest BCUT2D eigenvalue weighted by atomic mass is 32.2. The molecule has 0 aromatic heterocycles. The highest BCUT2D eigenvalue weighted by Crippen LogP contribution is 2.41. The number of rotatable bonds is 4. The van der Waals surface area contributed by atoms with E-state index in [-0.39, 0.29) is 11.7 Å². The van der Waals surface area contributed by atoms with E-state index in [1.54, 1.807) is 23.9 Å². The minimum atomic E-state index is -0.295. The summed E-state index contributed by atoms with van der Waals surface area (Å²) in [6, 6.07) is 30.0. The lowest BCUT2D eigenvalue weighted by molar-refractivity contribution is 0.0951. The minimum Gasteiger partial charge on any atom is -0.348 e. The summed E-state index contributed by atoms with van der Waals surface area (Å²) in [5, 5.41) is 2.90. The highest BCUT2D eigenvalue weighted by Gasteiger charge is 2.19. The van der Waals surface area contributed by atoms with Gasteiger partial charge < -0.3 is 5.32 Å². The Bertz CT molecular complexity index is 1320. The van der Waals surface area contributed by atoms with Crippen LogP contribution in [0.4, 0.5) is 10.1 Å². The predicted molar refractivity (Wildman–Crippen MR) is 126 cm³/mol. The second-order valence-corrected chi connectivity index (χ2v) is 8.50. The molecular weight excluding hydrogens is 419 g/mol. The van der Waals surface area contributed by atoms with Gasteiger partial charge in [0.05, 0.1) is 11.4 Å². The molecule has 0 unspecified atom stereocenters. The van der Waals surface area contributed by atoms with Gasteiger partial charge in [-0.3, -0.25) is 4.79 Å². The summed E-state index contributed by atoms with van der Waals surface area (Å²) in [5.74, 6) is -0.489. The summed E-state index contributed by atoms with van der Waals surface area (Å²) < 4.78 is 13.1. The van der Waals surface area contributed by atoms with E-state index in [0.717, 1.165) is 37.9 Å². The lowest BCUT2D eigenvalue weighted by Crippen LogP contribution is -2.22. The lowest BCUT2D eigenvalue weighted by Gasteiger charge is -2.08. The minimum absolute atomic E-state index is 0.194. The fourth-order valence-corrected chi connectivity index (χ4v) is 4.59. The van der Waals surface area contributed by atoms with E-state index in [0.29, 0.717) is 12.1 Å². The van der Waals surface area contributed by atoms with Gasteiger partial charge in [-0.2, -0.15) is 0 Å². The van der Waals surface area contributed by atoms with Crippen LogP contribution >= 0.6 is 11.8 Å². The van der Waals surface area contributed by atoms with E-state index >= 15 is 0 Å². The largest absolute Gasteiger partial charge is 0.348 e. The third-order valence-corrected chi connectivity index (χ3v) is 6.37. The maximum absolute atomic E-state index is 13.1. The van der Waals surface area contributed by atoms with Crippen LogP contribution in [-0.2, 0) is 6.54 Å². The standard InChI is InChI=1S/C27H19FN2OS/c28-21-13-10-18(11-14-21)17-29-27(31)20-12-15-25-23(16-20)30-26(19-6-2-1-3-7-19)22-8-4-5-9-24(22)32-25/h1-16H,17H2,(H,29,31). The van der Waals surface area contributed by atoms with Crippen LogP contribution in [0.2, 0.25) is 0 Å². The number of nitrogens with zero attached hydrogens (tertiary/aromatic N) is 1. The Labute approximate surface area is 190 Å². The van der Waals surface area contributed by atoms with Crippen molar-refractivity contribution in [3.05, 3.63) is 125 Å². The first-order chi connectivity index (χ1) is 15.7. The molecule has 0 radical (unpaired) electrons. The molecule has 4 aromatic carbocycles. The summed E-state index contributed by atoms with van der Waals surface area (Å²) in [6.07, 6.45) is 0. The summed E-state index contributed by atoms with van der Waals surface area (Å²) in [5.41, 5.74) is 5.12. The van der Waals surface area contributed by atoms with Crippen molar-refractivity contribution in [1.82, 2.24) is 5.32 Å². The number of hydrogen-bond donors (Lipinski definition) is 1. The van der Waals surface area contributed by atoms with Gasteiger partial charge in [0.1, 0.15) is 5.82 Å². The van der Waals surface area contributed by atoms with Crippen molar-refractivity contribution >= 4 is 29.1 Å². The van der Waals surface area contributed by atoms with Crippen LogP contribution in [0.3, 0.4) is 0 Å².